The molecule has 0 heterocycles. The topological polar surface area (TPSA) is 58.2 Å². The van der Waals surface area contributed by atoms with Crippen molar-refractivity contribution in [2.75, 3.05) is 6.54 Å². The molecule has 0 saturated heterocycles. The van der Waals surface area contributed by atoms with Crippen LogP contribution in [0.1, 0.15) is 39.5 Å². The molecule has 2 N–H and O–H groups in total. The second-order valence-corrected chi connectivity index (χ2v) is 6.86. The van der Waals surface area contributed by atoms with Gasteiger partial charge in [-0.1, -0.05) is 12.2 Å². The van der Waals surface area contributed by atoms with Crippen LogP contribution in [0.25, 0.3) is 0 Å². The number of carbonyl (C=O) groups excluding carboxylic acids is 1. The number of allylic oxidation sites excluding steroid dienone is 2. The van der Waals surface area contributed by atoms with E-state index in [0.717, 1.165) is 6.42 Å². The van der Waals surface area contributed by atoms with Crippen LogP contribution >= 0.6 is 0 Å². The number of rotatable bonds is 8. The molecule has 0 fully saturated rings. The van der Waals surface area contributed by atoms with Gasteiger partial charge in [0.15, 0.2) is 0 Å². The maximum absolute atomic E-state index is 13.4. The average molecular weight is 302 g/mol. The largest absolute Gasteiger partial charge is 0.347 e. The van der Waals surface area contributed by atoms with Crippen molar-refractivity contribution in [2.24, 2.45) is 0 Å². The molecule has 114 valence electrons. The van der Waals surface area contributed by atoms with Gasteiger partial charge >= 0.3 is 0 Å². The van der Waals surface area contributed by atoms with Crippen LogP contribution in [-0.4, -0.2) is 28.0 Å². The zero-order valence-electron chi connectivity index (χ0n) is 12.0. The first kappa shape index (κ1) is 17.0. The first-order valence-corrected chi connectivity index (χ1v) is 8.17. The van der Waals surface area contributed by atoms with Crippen LogP contribution in [0.4, 0.5) is 4.39 Å². The normalized spacial score (nSPS) is 19.8. The third-order valence-electron chi connectivity index (χ3n) is 2.93. The molecule has 2 unspecified atom stereocenters. The summed E-state index contributed by atoms with van der Waals surface area (Å²) in [5, 5.41) is 2.76. The van der Waals surface area contributed by atoms with E-state index in [1.165, 1.54) is 6.08 Å². The summed E-state index contributed by atoms with van der Waals surface area (Å²) in [4.78, 5) is 11.7. The fourth-order valence-electron chi connectivity index (χ4n) is 1.75. The molecule has 0 radical (unpaired) electrons. The predicted molar refractivity (Wildman–Crippen MR) is 80.0 cm³/mol. The Kier molecular flexibility index (Phi) is 7.69. The molecule has 0 bridgehead atoms. The SMILES string of the molecule is CC(C)S(=O)NCCCCC(=O)NC1CC=CC=C1F. The Labute approximate surface area is 122 Å². The van der Waals surface area contributed by atoms with E-state index in [0.29, 0.717) is 25.8 Å². The summed E-state index contributed by atoms with van der Waals surface area (Å²) < 4.78 is 27.7. The summed E-state index contributed by atoms with van der Waals surface area (Å²) in [6.45, 7) is 4.40. The predicted octanol–water partition coefficient (Wildman–Crippen LogP) is 2.12. The molecule has 1 aliphatic rings. The van der Waals surface area contributed by atoms with E-state index in [1.54, 1.807) is 6.08 Å². The van der Waals surface area contributed by atoms with Gasteiger partial charge in [0.25, 0.3) is 0 Å². The average Bonchev–Trinajstić information content (AvgIpc) is 2.40. The lowest BCUT2D eigenvalue weighted by molar-refractivity contribution is -0.121. The zero-order chi connectivity index (χ0) is 15.0. The lowest BCUT2D eigenvalue weighted by Crippen LogP contribution is -2.35. The zero-order valence-corrected chi connectivity index (χ0v) is 12.8. The highest BCUT2D eigenvalue weighted by atomic mass is 32.2. The van der Waals surface area contributed by atoms with Gasteiger partial charge < -0.3 is 5.32 Å². The molecule has 0 aromatic carbocycles. The molecule has 20 heavy (non-hydrogen) atoms. The van der Waals surface area contributed by atoms with Crippen molar-refractivity contribution in [2.45, 2.75) is 50.8 Å². The minimum atomic E-state index is -1.01. The van der Waals surface area contributed by atoms with Crippen LogP contribution < -0.4 is 10.0 Å². The summed E-state index contributed by atoms with van der Waals surface area (Å²) in [7, 11) is -1.01. The van der Waals surface area contributed by atoms with Gasteiger partial charge in [0, 0.05) is 18.2 Å². The Morgan fingerprint density at radius 3 is 2.90 bits per heavy atom. The van der Waals surface area contributed by atoms with Crippen molar-refractivity contribution < 1.29 is 13.4 Å². The van der Waals surface area contributed by atoms with E-state index in [4.69, 9.17) is 0 Å². The Morgan fingerprint density at radius 1 is 1.50 bits per heavy atom. The molecule has 2 atom stereocenters. The van der Waals surface area contributed by atoms with Crippen molar-refractivity contribution in [3.05, 3.63) is 24.1 Å². The van der Waals surface area contributed by atoms with Gasteiger partial charge in [-0.05, 0) is 39.2 Å². The quantitative estimate of drug-likeness (QED) is 0.675. The summed E-state index contributed by atoms with van der Waals surface area (Å²) >= 11 is 0. The van der Waals surface area contributed by atoms with E-state index in [2.05, 4.69) is 10.0 Å². The number of hydrogen-bond donors (Lipinski definition) is 2. The molecule has 4 nitrogen and oxygen atoms in total. The molecule has 1 aliphatic carbocycles. The number of amides is 1. The molecular formula is C14H23FN2O2S. The number of halogens is 1. The molecule has 1 amide bonds. The van der Waals surface area contributed by atoms with Gasteiger partial charge in [-0.3, -0.25) is 4.79 Å². The number of hydrogen-bond acceptors (Lipinski definition) is 2. The van der Waals surface area contributed by atoms with E-state index in [1.807, 2.05) is 19.9 Å². The van der Waals surface area contributed by atoms with E-state index < -0.39 is 17.0 Å². The minimum absolute atomic E-state index is 0.0902. The Bertz CT molecular complexity index is 408. The van der Waals surface area contributed by atoms with E-state index >= 15 is 0 Å². The third-order valence-corrected chi connectivity index (χ3v) is 4.28. The molecular weight excluding hydrogens is 279 g/mol. The maximum atomic E-state index is 13.4. The second-order valence-electron chi connectivity index (χ2n) is 5.03. The van der Waals surface area contributed by atoms with E-state index in [-0.39, 0.29) is 17.0 Å². The van der Waals surface area contributed by atoms with Gasteiger partial charge in [-0.15, -0.1) is 0 Å². The highest BCUT2D eigenvalue weighted by Gasteiger charge is 2.17. The monoisotopic (exact) mass is 302 g/mol. The summed E-state index contributed by atoms with van der Waals surface area (Å²) in [5.41, 5.74) is 0. The molecule has 0 aromatic heterocycles. The lowest BCUT2D eigenvalue weighted by Gasteiger charge is -2.17. The Morgan fingerprint density at radius 2 is 2.25 bits per heavy atom. The maximum Gasteiger partial charge on any atom is 0.220 e. The highest BCUT2D eigenvalue weighted by molar-refractivity contribution is 7.83. The molecule has 0 aliphatic heterocycles. The second kappa shape index (κ2) is 9.02. The van der Waals surface area contributed by atoms with Gasteiger partial charge in [0.05, 0.1) is 17.0 Å². The minimum Gasteiger partial charge on any atom is -0.347 e. The van der Waals surface area contributed by atoms with E-state index in [9.17, 15) is 13.4 Å². The van der Waals surface area contributed by atoms with Crippen molar-refractivity contribution in [3.8, 4) is 0 Å². The summed E-state index contributed by atoms with van der Waals surface area (Å²) in [6.07, 6.45) is 7.19. The van der Waals surface area contributed by atoms with Crippen LogP contribution in [0, 0.1) is 0 Å². The van der Waals surface area contributed by atoms with Gasteiger partial charge in [-0.2, -0.15) is 0 Å². The first-order valence-electron chi connectivity index (χ1n) is 6.96. The van der Waals surface area contributed by atoms with Crippen LogP contribution in [0.3, 0.4) is 0 Å². The van der Waals surface area contributed by atoms with Crippen LogP contribution in [0.15, 0.2) is 24.1 Å². The van der Waals surface area contributed by atoms with Crippen molar-refractivity contribution in [1.29, 1.82) is 0 Å². The number of nitrogens with one attached hydrogen (secondary N) is 2. The Hall–Kier alpha value is -1.01. The summed E-state index contributed by atoms with van der Waals surface area (Å²) in [5.74, 6) is -0.436. The lowest BCUT2D eigenvalue weighted by atomic mass is 10.1. The van der Waals surface area contributed by atoms with Gasteiger partial charge in [-0.25, -0.2) is 13.3 Å². The summed E-state index contributed by atoms with van der Waals surface area (Å²) in [6, 6.07) is -0.515. The van der Waals surface area contributed by atoms with Gasteiger partial charge in [0.1, 0.15) is 5.83 Å². The molecule has 0 saturated carbocycles. The molecule has 0 aromatic rings. The van der Waals surface area contributed by atoms with Crippen LogP contribution in [-0.2, 0) is 15.8 Å². The van der Waals surface area contributed by atoms with Crippen molar-refractivity contribution in [1.82, 2.24) is 10.0 Å². The standard InChI is InChI=1S/C14H23FN2O2S/c1-11(2)20(19)16-10-6-5-9-14(18)17-13-8-4-3-7-12(13)15/h3-4,7,11,13,16H,5-6,8-10H2,1-2H3,(H,17,18). The smallest absolute Gasteiger partial charge is 0.220 e. The fraction of sp³-hybridized carbons (Fsp3) is 0.643. The Balaban J connectivity index is 2.10. The number of carbonyl (C=O) groups is 1. The van der Waals surface area contributed by atoms with Crippen molar-refractivity contribution in [3.63, 3.8) is 0 Å². The van der Waals surface area contributed by atoms with Crippen LogP contribution in [0.2, 0.25) is 0 Å². The fourth-order valence-corrected chi connectivity index (χ4v) is 2.43. The first-order chi connectivity index (χ1) is 9.50. The van der Waals surface area contributed by atoms with Gasteiger partial charge in [0.2, 0.25) is 5.91 Å². The third kappa shape index (κ3) is 6.43. The molecule has 1 rings (SSSR count). The number of unbranched alkanes of at least 4 members (excludes halogenated alkanes) is 1. The van der Waals surface area contributed by atoms with Crippen molar-refractivity contribution >= 4 is 16.9 Å². The molecule has 6 heteroatoms. The highest BCUT2D eigenvalue weighted by Crippen LogP contribution is 2.14. The molecule has 0 spiro atoms. The van der Waals surface area contributed by atoms with Crippen LogP contribution in [0.5, 0.6) is 0 Å².